The number of alkyl halides is 3. The molecular formula is C23H18F3N3O6. The zero-order valence-corrected chi connectivity index (χ0v) is 17.9. The summed E-state index contributed by atoms with van der Waals surface area (Å²) in [5.41, 5.74) is 1.36. The van der Waals surface area contributed by atoms with E-state index in [1.165, 1.54) is 36.4 Å². The van der Waals surface area contributed by atoms with Gasteiger partial charge in [-0.15, -0.1) is 13.2 Å². The summed E-state index contributed by atoms with van der Waals surface area (Å²) >= 11 is 0. The van der Waals surface area contributed by atoms with Gasteiger partial charge in [0.2, 0.25) is 0 Å². The van der Waals surface area contributed by atoms with Gasteiger partial charge in [-0.3, -0.25) is 20.2 Å². The lowest BCUT2D eigenvalue weighted by Gasteiger charge is -2.10. The average molecular weight is 489 g/mol. The van der Waals surface area contributed by atoms with Crippen LogP contribution >= 0.6 is 0 Å². The predicted octanol–water partition coefficient (Wildman–Crippen LogP) is 5.08. The number of amides is 2. The van der Waals surface area contributed by atoms with E-state index in [0.717, 1.165) is 17.7 Å². The first-order valence-electron chi connectivity index (χ1n) is 10.1. The number of hydrogen-bond donors (Lipinski definition) is 2. The topological polar surface area (TPSA) is 120 Å². The van der Waals surface area contributed by atoms with Gasteiger partial charge in [0.1, 0.15) is 11.5 Å². The fourth-order valence-electron chi connectivity index (χ4n) is 2.87. The van der Waals surface area contributed by atoms with Gasteiger partial charge in [-0.25, -0.2) is 4.79 Å². The van der Waals surface area contributed by atoms with E-state index in [0.29, 0.717) is 12.1 Å². The Morgan fingerprint density at radius 3 is 2.06 bits per heavy atom. The number of non-ortho nitro benzene ring substituents is 1. The molecule has 0 spiro atoms. The Morgan fingerprint density at radius 2 is 1.49 bits per heavy atom. The summed E-state index contributed by atoms with van der Waals surface area (Å²) < 4.78 is 45.4. The number of anilines is 1. The molecule has 3 rings (SSSR count). The molecule has 0 saturated heterocycles. The van der Waals surface area contributed by atoms with Crippen molar-refractivity contribution in [2.75, 3.05) is 11.9 Å². The number of hydrogen-bond acceptors (Lipinski definition) is 6. The monoisotopic (exact) mass is 489 g/mol. The van der Waals surface area contributed by atoms with Gasteiger partial charge in [0, 0.05) is 29.9 Å². The molecule has 2 amide bonds. The van der Waals surface area contributed by atoms with Crippen molar-refractivity contribution in [2.24, 2.45) is 0 Å². The number of carbonyl (C=O) groups excluding carboxylic acids is 2. The molecule has 9 nitrogen and oxygen atoms in total. The molecule has 0 radical (unpaired) electrons. The van der Waals surface area contributed by atoms with Crippen molar-refractivity contribution in [3.05, 3.63) is 94.0 Å². The van der Waals surface area contributed by atoms with Crippen LogP contribution in [0.2, 0.25) is 0 Å². The Morgan fingerprint density at radius 1 is 0.886 bits per heavy atom. The number of halogens is 3. The Labute approximate surface area is 196 Å². The van der Waals surface area contributed by atoms with Crippen LogP contribution in [0.4, 0.5) is 29.3 Å². The van der Waals surface area contributed by atoms with Crippen molar-refractivity contribution in [3.8, 4) is 11.5 Å². The minimum absolute atomic E-state index is 0.127. The van der Waals surface area contributed by atoms with Gasteiger partial charge in [-0.05, 0) is 60.5 Å². The summed E-state index contributed by atoms with van der Waals surface area (Å²) in [6.45, 7) is 0.272. The second-order valence-corrected chi connectivity index (χ2v) is 7.04. The van der Waals surface area contributed by atoms with Crippen molar-refractivity contribution >= 4 is 23.4 Å². The first kappa shape index (κ1) is 25.0. The Bertz CT molecular complexity index is 1180. The lowest BCUT2D eigenvalue weighted by molar-refractivity contribution is -0.384. The van der Waals surface area contributed by atoms with E-state index in [1.54, 1.807) is 24.3 Å². The third kappa shape index (κ3) is 8.03. The van der Waals surface area contributed by atoms with E-state index in [1.807, 2.05) is 0 Å². The van der Waals surface area contributed by atoms with E-state index in [4.69, 9.17) is 4.74 Å². The molecule has 182 valence electrons. The first-order valence-corrected chi connectivity index (χ1v) is 10.1. The fourth-order valence-corrected chi connectivity index (χ4v) is 2.87. The molecule has 0 heterocycles. The molecule has 0 aliphatic rings. The highest BCUT2D eigenvalue weighted by molar-refractivity contribution is 5.94. The van der Waals surface area contributed by atoms with E-state index >= 15 is 0 Å². The summed E-state index contributed by atoms with van der Waals surface area (Å²) in [6.07, 6.45) is -5.11. The Hall–Kier alpha value is -4.61. The van der Waals surface area contributed by atoms with Gasteiger partial charge in [-0.1, -0.05) is 12.1 Å². The van der Waals surface area contributed by atoms with Crippen molar-refractivity contribution in [3.63, 3.8) is 0 Å². The maximum Gasteiger partial charge on any atom is 0.573 e. The molecular weight excluding hydrogens is 471 g/mol. The number of nitro groups is 1. The molecule has 0 aliphatic heterocycles. The lowest BCUT2D eigenvalue weighted by Crippen LogP contribution is -2.25. The molecule has 0 aliphatic carbocycles. The summed E-state index contributed by atoms with van der Waals surface area (Å²) in [5.74, 6) is -0.724. The quantitative estimate of drug-likeness (QED) is 0.337. The number of ether oxygens (including phenoxy) is 2. The molecule has 0 atom stereocenters. The van der Waals surface area contributed by atoms with Crippen molar-refractivity contribution in [1.82, 2.24) is 5.32 Å². The Balaban J connectivity index is 1.43. The predicted molar refractivity (Wildman–Crippen MR) is 118 cm³/mol. The number of nitrogens with zero attached hydrogens (tertiary/aromatic N) is 1. The van der Waals surface area contributed by atoms with Crippen molar-refractivity contribution < 1.29 is 37.2 Å². The second kappa shape index (κ2) is 11.0. The van der Waals surface area contributed by atoms with E-state index in [9.17, 15) is 32.9 Å². The summed E-state index contributed by atoms with van der Waals surface area (Å²) in [4.78, 5) is 34.2. The molecule has 2 N–H and O–H groups in total. The molecule has 0 fully saturated rings. The van der Waals surface area contributed by atoms with E-state index in [-0.39, 0.29) is 23.5 Å². The Kier molecular flexibility index (Phi) is 7.87. The van der Waals surface area contributed by atoms with Crippen LogP contribution in [0.3, 0.4) is 0 Å². The fraction of sp³-hybridized carbons (Fsp3) is 0.130. The molecule has 0 saturated carbocycles. The molecule has 0 unspecified atom stereocenters. The van der Waals surface area contributed by atoms with Crippen LogP contribution in [0, 0.1) is 10.1 Å². The maximum atomic E-state index is 12.2. The summed E-state index contributed by atoms with van der Waals surface area (Å²) in [6, 6.07) is 16.3. The normalized spacial score (nSPS) is 10.8. The number of carbonyl (C=O) groups is 2. The van der Waals surface area contributed by atoms with E-state index in [2.05, 4.69) is 15.4 Å². The van der Waals surface area contributed by atoms with E-state index < -0.39 is 29.0 Å². The van der Waals surface area contributed by atoms with Crippen molar-refractivity contribution in [1.29, 1.82) is 0 Å². The minimum Gasteiger partial charge on any atom is -0.410 e. The van der Waals surface area contributed by atoms with Crippen LogP contribution in [-0.2, 0) is 6.42 Å². The van der Waals surface area contributed by atoms with Gasteiger partial charge >= 0.3 is 12.5 Å². The molecule has 3 aromatic carbocycles. The summed E-state index contributed by atoms with van der Waals surface area (Å²) in [5, 5.41) is 15.8. The second-order valence-electron chi connectivity index (χ2n) is 7.04. The summed E-state index contributed by atoms with van der Waals surface area (Å²) in [7, 11) is 0. The number of nitro benzene ring substituents is 1. The molecule has 35 heavy (non-hydrogen) atoms. The highest BCUT2D eigenvalue weighted by Crippen LogP contribution is 2.23. The van der Waals surface area contributed by atoms with Gasteiger partial charge in [-0.2, -0.15) is 0 Å². The molecule has 12 heteroatoms. The van der Waals surface area contributed by atoms with Crippen LogP contribution in [-0.4, -0.2) is 29.8 Å². The van der Waals surface area contributed by atoms with Gasteiger partial charge in [0.25, 0.3) is 11.6 Å². The molecule has 0 bridgehead atoms. The molecule has 3 aromatic rings. The minimum atomic E-state index is -4.80. The highest BCUT2D eigenvalue weighted by Gasteiger charge is 2.31. The maximum absolute atomic E-state index is 12.2. The zero-order valence-electron chi connectivity index (χ0n) is 17.9. The standard InChI is InChI=1S/C23H18F3N3O6/c24-23(25,26)35-20-9-3-16(4-10-20)21(30)27-14-13-15-1-5-17(6-2-15)28-22(31)34-19-11-7-18(8-12-19)29(32)33/h1-12H,13-14H2,(H,27,30)(H,28,31). The van der Waals surface area contributed by atoms with Crippen LogP contribution in [0.15, 0.2) is 72.8 Å². The third-order valence-electron chi connectivity index (χ3n) is 4.51. The van der Waals surface area contributed by atoms with Gasteiger partial charge in [0.05, 0.1) is 4.92 Å². The molecule has 0 aromatic heterocycles. The van der Waals surface area contributed by atoms with Gasteiger partial charge < -0.3 is 14.8 Å². The van der Waals surface area contributed by atoms with Crippen LogP contribution in [0.1, 0.15) is 15.9 Å². The number of benzene rings is 3. The third-order valence-corrected chi connectivity index (χ3v) is 4.51. The van der Waals surface area contributed by atoms with Gasteiger partial charge in [0.15, 0.2) is 0 Å². The average Bonchev–Trinajstić information content (AvgIpc) is 2.80. The largest absolute Gasteiger partial charge is 0.573 e. The first-order chi connectivity index (χ1) is 16.6. The van der Waals surface area contributed by atoms with Crippen LogP contribution < -0.4 is 20.1 Å². The SMILES string of the molecule is O=C(Nc1ccc(CCNC(=O)c2ccc(OC(F)(F)F)cc2)cc1)Oc1ccc([N+](=O)[O-])cc1. The smallest absolute Gasteiger partial charge is 0.410 e. The van der Waals surface area contributed by atoms with Crippen molar-refractivity contribution in [2.45, 2.75) is 12.8 Å². The number of nitrogens with one attached hydrogen (secondary N) is 2. The zero-order chi connectivity index (χ0) is 25.4. The van der Waals surface area contributed by atoms with Crippen LogP contribution in [0.25, 0.3) is 0 Å². The lowest BCUT2D eigenvalue weighted by atomic mass is 10.1. The highest BCUT2D eigenvalue weighted by atomic mass is 19.4. The van der Waals surface area contributed by atoms with Crippen LogP contribution in [0.5, 0.6) is 11.5 Å². The number of rotatable bonds is 8.